The van der Waals surface area contributed by atoms with Gasteiger partial charge >= 0.3 is 11.8 Å². The van der Waals surface area contributed by atoms with Crippen LogP contribution in [-0.2, 0) is 14.4 Å². The van der Waals surface area contributed by atoms with Gasteiger partial charge in [0, 0.05) is 11.7 Å². The molecule has 0 spiro atoms. The SMILES string of the molecule is CCOc1cc(/C=N\NC(=O)C(=O)NC(C)C)ccc1OCC(=O)Nc1ccc(Cl)c(Cl)c1. The molecule has 0 atom stereocenters. The number of nitrogens with zero attached hydrogens (tertiary/aromatic N) is 1. The predicted molar refractivity (Wildman–Crippen MR) is 127 cm³/mol. The Kier molecular flexibility index (Phi) is 9.96. The maximum absolute atomic E-state index is 12.2. The molecule has 3 N–H and O–H groups in total. The molecule has 0 fully saturated rings. The molecule has 0 aromatic heterocycles. The summed E-state index contributed by atoms with van der Waals surface area (Å²) in [4.78, 5) is 35.4. The number of nitrogens with one attached hydrogen (secondary N) is 3. The van der Waals surface area contributed by atoms with E-state index in [1.54, 1.807) is 51.1 Å². The van der Waals surface area contributed by atoms with E-state index in [1.807, 2.05) is 0 Å². The number of ether oxygens (including phenoxy) is 2. The van der Waals surface area contributed by atoms with Crippen LogP contribution in [0.2, 0.25) is 10.0 Å². The van der Waals surface area contributed by atoms with Crippen molar-refractivity contribution in [2.75, 3.05) is 18.5 Å². The van der Waals surface area contributed by atoms with Crippen LogP contribution in [-0.4, -0.2) is 43.2 Å². The molecular formula is C22H24Cl2N4O5. The van der Waals surface area contributed by atoms with Crippen molar-refractivity contribution in [3.8, 4) is 11.5 Å². The van der Waals surface area contributed by atoms with Crippen LogP contribution < -0.4 is 25.5 Å². The van der Waals surface area contributed by atoms with E-state index in [4.69, 9.17) is 32.7 Å². The van der Waals surface area contributed by atoms with Crippen LogP contribution in [0.15, 0.2) is 41.5 Å². The summed E-state index contributed by atoms with van der Waals surface area (Å²) in [6, 6.07) is 9.45. The molecule has 0 aliphatic carbocycles. The molecule has 0 saturated carbocycles. The lowest BCUT2D eigenvalue weighted by molar-refractivity contribution is -0.139. The summed E-state index contributed by atoms with van der Waals surface area (Å²) in [5.74, 6) is -1.33. The molecular weight excluding hydrogens is 471 g/mol. The standard InChI is InChI=1S/C22H24Cl2N4O5/c1-4-32-19-9-14(11-25-28-22(31)21(30)26-13(2)3)5-8-18(19)33-12-20(29)27-15-6-7-16(23)17(24)10-15/h5-11,13H,4,12H2,1-3H3,(H,26,30)(H,27,29)(H,28,31)/b25-11-. The normalized spacial score (nSPS) is 10.7. The minimum Gasteiger partial charge on any atom is -0.490 e. The third kappa shape index (κ3) is 8.63. The lowest BCUT2D eigenvalue weighted by Gasteiger charge is -2.13. The van der Waals surface area contributed by atoms with Gasteiger partial charge in [-0.2, -0.15) is 5.10 Å². The topological polar surface area (TPSA) is 118 Å². The van der Waals surface area contributed by atoms with E-state index in [1.165, 1.54) is 12.3 Å². The minimum absolute atomic E-state index is 0.167. The third-order valence-electron chi connectivity index (χ3n) is 3.84. The van der Waals surface area contributed by atoms with Gasteiger partial charge in [-0.15, -0.1) is 0 Å². The number of amides is 3. The molecule has 176 valence electrons. The molecule has 2 aromatic rings. The maximum atomic E-state index is 12.2. The molecule has 3 amide bonds. The van der Waals surface area contributed by atoms with E-state index in [2.05, 4.69) is 21.2 Å². The van der Waals surface area contributed by atoms with Crippen molar-refractivity contribution in [1.29, 1.82) is 0 Å². The Hall–Kier alpha value is -3.30. The van der Waals surface area contributed by atoms with Gasteiger partial charge in [0.05, 0.1) is 22.9 Å². The number of rotatable bonds is 9. The highest BCUT2D eigenvalue weighted by Crippen LogP contribution is 2.28. The van der Waals surface area contributed by atoms with Crippen molar-refractivity contribution >= 4 is 52.8 Å². The number of anilines is 1. The van der Waals surface area contributed by atoms with Crippen molar-refractivity contribution in [3.63, 3.8) is 0 Å². The molecule has 0 radical (unpaired) electrons. The molecule has 0 saturated heterocycles. The van der Waals surface area contributed by atoms with E-state index < -0.39 is 17.7 Å². The van der Waals surface area contributed by atoms with E-state index in [0.717, 1.165) is 0 Å². The Morgan fingerprint density at radius 2 is 1.76 bits per heavy atom. The van der Waals surface area contributed by atoms with E-state index in [-0.39, 0.29) is 12.6 Å². The molecule has 0 unspecified atom stereocenters. The fraction of sp³-hybridized carbons (Fsp3) is 0.273. The van der Waals surface area contributed by atoms with Crippen molar-refractivity contribution < 1.29 is 23.9 Å². The molecule has 9 nitrogen and oxygen atoms in total. The van der Waals surface area contributed by atoms with Gasteiger partial charge in [0.15, 0.2) is 18.1 Å². The number of hydrogen-bond acceptors (Lipinski definition) is 6. The lowest BCUT2D eigenvalue weighted by atomic mass is 10.2. The van der Waals surface area contributed by atoms with Crippen molar-refractivity contribution in [3.05, 3.63) is 52.0 Å². The van der Waals surface area contributed by atoms with Crippen LogP contribution in [0.25, 0.3) is 0 Å². The van der Waals surface area contributed by atoms with Gasteiger partial charge in [-0.3, -0.25) is 14.4 Å². The summed E-state index contributed by atoms with van der Waals surface area (Å²) >= 11 is 11.8. The smallest absolute Gasteiger partial charge is 0.329 e. The van der Waals surface area contributed by atoms with Gasteiger partial charge in [0.1, 0.15) is 0 Å². The molecule has 0 aliphatic rings. The first kappa shape index (κ1) is 26.0. The number of benzene rings is 2. The summed E-state index contributed by atoms with van der Waals surface area (Å²) in [7, 11) is 0. The predicted octanol–water partition coefficient (Wildman–Crippen LogP) is 3.38. The fourth-order valence-electron chi connectivity index (χ4n) is 2.45. The van der Waals surface area contributed by atoms with Crippen molar-refractivity contribution in [2.45, 2.75) is 26.8 Å². The molecule has 33 heavy (non-hydrogen) atoms. The zero-order valence-electron chi connectivity index (χ0n) is 18.3. The van der Waals surface area contributed by atoms with Crippen LogP contribution in [0.3, 0.4) is 0 Å². The van der Waals surface area contributed by atoms with Crippen LogP contribution in [0.1, 0.15) is 26.3 Å². The quantitative estimate of drug-likeness (QED) is 0.280. The van der Waals surface area contributed by atoms with Gasteiger partial charge in [-0.25, -0.2) is 5.43 Å². The molecule has 11 heteroatoms. The van der Waals surface area contributed by atoms with Crippen molar-refractivity contribution in [1.82, 2.24) is 10.7 Å². The van der Waals surface area contributed by atoms with Gasteiger partial charge in [-0.05, 0) is 62.7 Å². The Balaban J connectivity index is 1.98. The van der Waals surface area contributed by atoms with Crippen LogP contribution >= 0.6 is 23.2 Å². The van der Waals surface area contributed by atoms with Gasteiger partial charge < -0.3 is 20.1 Å². The lowest BCUT2D eigenvalue weighted by Crippen LogP contribution is -2.41. The van der Waals surface area contributed by atoms with E-state index in [0.29, 0.717) is 39.4 Å². The number of hydrogen-bond donors (Lipinski definition) is 3. The minimum atomic E-state index is -0.877. The number of halogens is 2. The monoisotopic (exact) mass is 494 g/mol. The Bertz CT molecular complexity index is 1040. The fourth-order valence-corrected chi connectivity index (χ4v) is 2.75. The summed E-state index contributed by atoms with van der Waals surface area (Å²) in [6.45, 7) is 5.37. The van der Waals surface area contributed by atoms with Crippen LogP contribution in [0.4, 0.5) is 5.69 Å². The highest BCUT2D eigenvalue weighted by atomic mass is 35.5. The largest absolute Gasteiger partial charge is 0.490 e. The Morgan fingerprint density at radius 1 is 1.00 bits per heavy atom. The first-order chi connectivity index (χ1) is 15.7. The zero-order valence-corrected chi connectivity index (χ0v) is 19.8. The number of carbonyl (C=O) groups is 3. The first-order valence-corrected chi connectivity index (χ1v) is 10.7. The second-order valence-corrected chi connectivity index (χ2v) is 7.75. The average Bonchev–Trinajstić information content (AvgIpc) is 2.75. The summed E-state index contributed by atoms with van der Waals surface area (Å²) in [5.41, 5.74) is 3.21. The maximum Gasteiger partial charge on any atom is 0.329 e. The van der Waals surface area contributed by atoms with Crippen molar-refractivity contribution in [2.24, 2.45) is 5.10 Å². The molecule has 2 rings (SSSR count). The zero-order chi connectivity index (χ0) is 24.4. The summed E-state index contributed by atoms with van der Waals surface area (Å²) in [5, 5.41) is 9.60. The second kappa shape index (κ2) is 12.7. The number of hydrazone groups is 1. The highest BCUT2D eigenvalue weighted by Gasteiger charge is 2.13. The molecule has 0 heterocycles. The van der Waals surface area contributed by atoms with Crippen LogP contribution in [0, 0.1) is 0 Å². The first-order valence-electron chi connectivity index (χ1n) is 9.98. The van der Waals surface area contributed by atoms with Crippen LogP contribution in [0.5, 0.6) is 11.5 Å². The molecule has 0 aliphatic heterocycles. The van der Waals surface area contributed by atoms with Gasteiger partial charge in [0.25, 0.3) is 5.91 Å². The average molecular weight is 495 g/mol. The van der Waals surface area contributed by atoms with E-state index >= 15 is 0 Å². The Labute approximate surface area is 201 Å². The highest BCUT2D eigenvalue weighted by molar-refractivity contribution is 6.42. The van der Waals surface area contributed by atoms with E-state index in [9.17, 15) is 14.4 Å². The Morgan fingerprint density at radius 3 is 2.42 bits per heavy atom. The van der Waals surface area contributed by atoms with Gasteiger partial charge in [0.2, 0.25) is 0 Å². The summed E-state index contributed by atoms with van der Waals surface area (Å²) < 4.78 is 11.1. The number of carbonyl (C=O) groups excluding carboxylic acids is 3. The molecule has 2 aromatic carbocycles. The van der Waals surface area contributed by atoms with Gasteiger partial charge in [-0.1, -0.05) is 23.2 Å². The third-order valence-corrected chi connectivity index (χ3v) is 4.57. The summed E-state index contributed by atoms with van der Waals surface area (Å²) in [6.07, 6.45) is 1.35. The second-order valence-electron chi connectivity index (χ2n) is 6.93. The molecule has 0 bridgehead atoms.